The molecule has 0 aromatic heterocycles. The van der Waals surface area contributed by atoms with Crippen LogP contribution in [0.3, 0.4) is 0 Å². The van der Waals surface area contributed by atoms with Gasteiger partial charge in [0.25, 0.3) is 0 Å². The van der Waals surface area contributed by atoms with Gasteiger partial charge in [0.05, 0.1) is 7.11 Å². The van der Waals surface area contributed by atoms with Crippen LogP contribution in [0.4, 0.5) is 0 Å². The predicted octanol–water partition coefficient (Wildman–Crippen LogP) is 2.37. The highest BCUT2D eigenvalue weighted by atomic mass is 16.5. The zero-order valence-electron chi connectivity index (χ0n) is 12.1. The van der Waals surface area contributed by atoms with Crippen molar-refractivity contribution in [1.82, 2.24) is 4.90 Å². The second kappa shape index (κ2) is 5.93. The Morgan fingerprint density at radius 1 is 1.32 bits per heavy atom. The first-order chi connectivity index (χ1) is 9.04. The summed E-state index contributed by atoms with van der Waals surface area (Å²) in [5.41, 5.74) is 0.414. The number of likely N-dealkylation sites (tertiary alicyclic amines) is 1. The van der Waals surface area contributed by atoms with E-state index in [4.69, 9.17) is 0 Å². The number of hydrogen-bond acceptors (Lipinski definition) is 3. The van der Waals surface area contributed by atoms with Crippen molar-refractivity contribution in [2.45, 2.75) is 51.9 Å². The molecule has 4 nitrogen and oxygen atoms in total. The number of amides is 1. The molecule has 1 heterocycles. The second-order valence-electron chi connectivity index (χ2n) is 6.34. The van der Waals surface area contributed by atoms with E-state index in [9.17, 15) is 9.59 Å². The van der Waals surface area contributed by atoms with Gasteiger partial charge in [-0.3, -0.25) is 9.59 Å². The van der Waals surface area contributed by atoms with Crippen LogP contribution in [-0.2, 0) is 14.3 Å². The topological polar surface area (TPSA) is 46.6 Å². The average Bonchev–Trinajstić information content (AvgIpc) is 2.96. The van der Waals surface area contributed by atoms with Crippen LogP contribution in [0.5, 0.6) is 0 Å². The molecule has 1 saturated heterocycles. The minimum Gasteiger partial charge on any atom is -0.469 e. The van der Waals surface area contributed by atoms with E-state index in [0.29, 0.717) is 24.7 Å². The second-order valence-corrected chi connectivity index (χ2v) is 6.34. The third-order valence-electron chi connectivity index (χ3n) is 4.74. The lowest BCUT2D eigenvalue weighted by atomic mass is 9.85. The molecule has 0 aromatic carbocycles. The van der Waals surface area contributed by atoms with E-state index in [1.54, 1.807) is 0 Å². The van der Waals surface area contributed by atoms with Gasteiger partial charge in [0.1, 0.15) is 0 Å². The maximum atomic E-state index is 12.1. The molecule has 1 amide bonds. The molecule has 4 heteroatoms. The standard InChI is InChI=1S/C15H25NO3/c1-12-6-7-15(10-12)8-9-16(11-15)13(17)4-3-5-14(18)19-2/h12H,3-11H2,1-2H3. The zero-order chi connectivity index (χ0) is 13.9. The monoisotopic (exact) mass is 267 g/mol. The van der Waals surface area contributed by atoms with Gasteiger partial charge in [-0.15, -0.1) is 0 Å². The largest absolute Gasteiger partial charge is 0.469 e. The van der Waals surface area contributed by atoms with Crippen LogP contribution in [0, 0.1) is 11.3 Å². The van der Waals surface area contributed by atoms with E-state index in [1.807, 2.05) is 4.90 Å². The number of methoxy groups -OCH3 is 1. The summed E-state index contributed by atoms with van der Waals surface area (Å²) in [5, 5.41) is 0. The van der Waals surface area contributed by atoms with Crippen LogP contribution in [0.2, 0.25) is 0 Å². The Labute approximate surface area is 115 Å². The molecule has 2 aliphatic rings. The van der Waals surface area contributed by atoms with Gasteiger partial charge in [-0.1, -0.05) is 13.3 Å². The van der Waals surface area contributed by atoms with Crippen LogP contribution in [-0.4, -0.2) is 37.0 Å². The minimum absolute atomic E-state index is 0.209. The normalized spacial score (nSPS) is 30.0. The number of carbonyl (C=O) groups excluding carboxylic acids is 2. The van der Waals surface area contributed by atoms with E-state index < -0.39 is 0 Å². The molecule has 1 spiro atoms. The van der Waals surface area contributed by atoms with Crippen molar-refractivity contribution in [2.24, 2.45) is 11.3 Å². The summed E-state index contributed by atoms with van der Waals surface area (Å²) in [4.78, 5) is 25.1. The van der Waals surface area contributed by atoms with Gasteiger partial charge in [0, 0.05) is 25.9 Å². The minimum atomic E-state index is -0.227. The van der Waals surface area contributed by atoms with Gasteiger partial charge in [-0.05, 0) is 37.0 Å². The summed E-state index contributed by atoms with van der Waals surface area (Å²) < 4.78 is 4.58. The number of ether oxygens (including phenoxy) is 1. The van der Waals surface area contributed by atoms with Gasteiger partial charge in [0.15, 0.2) is 0 Å². The van der Waals surface area contributed by atoms with Crippen LogP contribution in [0.15, 0.2) is 0 Å². The number of esters is 1. The van der Waals surface area contributed by atoms with Crippen molar-refractivity contribution < 1.29 is 14.3 Å². The molecule has 2 rings (SSSR count). The lowest BCUT2D eigenvalue weighted by Crippen LogP contribution is -2.31. The molecule has 1 aliphatic carbocycles. The fourth-order valence-electron chi connectivity index (χ4n) is 3.66. The lowest BCUT2D eigenvalue weighted by Gasteiger charge is -2.24. The molecule has 1 saturated carbocycles. The zero-order valence-corrected chi connectivity index (χ0v) is 12.1. The Hall–Kier alpha value is -1.06. The maximum absolute atomic E-state index is 12.1. The van der Waals surface area contributed by atoms with Crippen LogP contribution >= 0.6 is 0 Å². The maximum Gasteiger partial charge on any atom is 0.305 e. The fourth-order valence-corrected chi connectivity index (χ4v) is 3.66. The Morgan fingerprint density at radius 2 is 2.11 bits per heavy atom. The Morgan fingerprint density at radius 3 is 2.74 bits per heavy atom. The molecule has 0 aromatic rings. The molecule has 0 bridgehead atoms. The third kappa shape index (κ3) is 3.48. The van der Waals surface area contributed by atoms with E-state index in [1.165, 1.54) is 32.8 Å². The molecular weight excluding hydrogens is 242 g/mol. The van der Waals surface area contributed by atoms with E-state index >= 15 is 0 Å². The predicted molar refractivity (Wildman–Crippen MR) is 72.5 cm³/mol. The van der Waals surface area contributed by atoms with E-state index in [-0.39, 0.29) is 11.9 Å². The molecular formula is C15H25NO3. The smallest absolute Gasteiger partial charge is 0.305 e. The van der Waals surface area contributed by atoms with Gasteiger partial charge in [-0.2, -0.15) is 0 Å². The molecule has 108 valence electrons. The first-order valence-electron chi connectivity index (χ1n) is 7.39. The van der Waals surface area contributed by atoms with Crippen molar-refractivity contribution >= 4 is 11.9 Å². The van der Waals surface area contributed by atoms with Crippen molar-refractivity contribution in [3.8, 4) is 0 Å². The Bertz CT molecular complexity index is 355. The SMILES string of the molecule is COC(=O)CCCC(=O)N1CCC2(CCC(C)C2)C1. The highest BCUT2D eigenvalue weighted by Gasteiger charge is 2.43. The third-order valence-corrected chi connectivity index (χ3v) is 4.74. The summed E-state index contributed by atoms with van der Waals surface area (Å²) in [7, 11) is 1.38. The van der Waals surface area contributed by atoms with Crippen molar-refractivity contribution in [3.05, 3.63) is 0 Å². The first-order valence-corrected chi connectivity index (χ1v) is 7.39. The summed E-state index contributed by atoms with van der Waals surface area (Å²) in [6, 6.07) is 0. The lowest BCUT2D eigenvalue weighted by molar-refractivity contribution is -0.140. The molecule has 0 N–H and O–H groups in total. The number of nitrogens with zero attached hydrogens (tertiary/aromatic N) is 1. The van der Waals surface area contributed by atoms with Crippen molar-refractivity contribution in [3.63, 3.8) is 0 Å². The van der Waals surface area contributed by atoms with Gasteiger partial charge in [-0.25, -0.2) is 0 Å². The molecule has 1 aliphatic heterocycles. The fraction of sp³-hybridized carbons (Fsp3) is 0.867. The molecule has 2 fully saturated rings. The van der Waals surface area contributed by atoms with Crippen LogP contribution < -0.4 is 0 Å². The molecule has 2 unspecified atom stereocenters. The van der Waals surface area contributed by atoms with Crippen molar-refractivity contribution in [2.75, 3.05) is 20.2 Å². The quantitative estimate of drug-likeness (QED) is 0.735. The summed E-state index contributed by atoms with van der Waals surface area (Å²) in [5.74, 6) is 0.796. The van der Waals surface area contributed by atoms with Gasteiger partial charge in [0.2, 0.25) is 5.91 Å². The average molecular weight is 267 g/mol. The van der Waals surface area contributed by atoms with E-state index in [0.717, 1.165) is 19.0 Å². The van der Waals surface area contributed by atoms with Crippen LogP contribution in [0.25, 0.3) is 0 Å². The summed E-state index contributed by atoms with van der Waals surface area (Å²) >= 11 is 0. The summed E-state index contributed by atoms with van der Waals surface area (Å²) in [6.07, 6.45) is 6.45. The van der Waals surface area contributed by atoms with Gasteiger partial charge < -0.3 is 9.64 Å². The van der Waals surface area contributed by atoms with Crippen LogP contribution in [0.1, 0.15) is 51.9 Å². The molecule has 19 heavy (non-hydrogen) atoms. The highest BCUT2D eigenvalue weighted by Crippen LogP contribution is 2.47. The number of rotatable bonds is 4. The van der Waals surface area contributed by atoms with Crippen molar-refractivity contribution in [1.29, 1.82) is 0 Å². The Kier molecular flexibility index (Phi) is 4.48. The molecule has 0 radical (unpaired) electrons. The van der Waals surface area contributed by atoms with E-state index in [2.05, 4.69) is 11.7 Å². The number of carbonyl (C=O) groups is 2. The molecule has 2 atom stereocenters. The highest BCUT2D eigenvalue weighted by molar-refractivity contribution is 5.77. The summed E-state index contributed by atoms with van der Waals surface area (Å²) in [6.45, 7) is 4.16. The Balaban J connectivity index is 1.74. The number of hydrogen-bond donors (Lipinski definition) is 0. The van der Waals surface area contributed by atoms with Gasteiger partial charge >= 0.3 is 5.97 Å². The first kappa shape index (κ1) is 14.4.